The lowest BCUT2D eigenvalue weighted by atomic mass is 9.67. The fraction of sp³-hybridized carbons (Fsp3) is 0.0690. The molecule has 60 heavy (non-hydrogen) atoms. The van der Waals surface area contributed by atoms with Crippen molar-refractivity contribution in [2.75, 3.05) is 4.90 Å². The predicted octanol–water partition coefficient (Wildman–Crippen LogP) is 15.4. The van der Waals surface area contributed by atoms with Crippen molar-refractivity contribution in [3.05, 3.63) is 246 Å². The van der Waals surface area contributed by atoms with E-state index in [2.05, 4.69) is 231 Å². The maximum atomic E-state index is 7.49. The number of fused-ring (bicyclic) bond motifs is 9. The molecule has 0 saturated carbocycles. The van der Waals surface area contributed by atoms with E-state index in [1.807, 2.05) is 0 Å². The Kier molecular flexibility index (Phi) is 7.52. The zero-order valence-electron chi connectivity index (χ0n) is 33.6. The summed E-state index contributed by atoms with van der Waals surface area (Å²) >= 11 is 0. The molecule has 0 bridgehead atoms. The van der Waals surface area contributed by atoms with Crippen molar-refractivity contribution in [1.29, 1.82) is 0 Å². The van der Waals surface area contributed by atoms with Crippen LogP contribution in [0.3, 0.4) is 0 Å². The minimum atomic E-state index is -0.591. The molecule has 10 aromatic rings. The first-order valence-electron chi connectivity index (χ1n) is 20.9. The summed E-state index contributed by atoms with van der Waals surface area (Å²) in [5, 5.41) is 2.19. The van der Waals surface area contributed by atoms with Gasteiger partial charge >= 0.3 is 0 Å². The number of anilines is 3. The molecule has 0 aliphatic heterocycles. The molecule has 0 spiro atoms. The fourth-order valence-electron chi connectivity index (χ4n) is 10.7. The highest BCUT2D eigenvalue weighted by atomic mass is 16.3. The summed E-state index contributed by atoms with van der Waals surface area (Å²) in [6, 6.07) is 77.6. The van der Waals surface area contributed by atoms with Crippen molar-refractivity contribution in [1.82, 2.24) is 0 Å². The first-order chi connectivity index (χ1) is 29.5. The highest BCUT2D eigenvalue weighted by Gasteiger charge is 2.47. The Balaban J connectivity index is 1.13. The Morgan fingerprint density at radius 1 is 0.367 bits per heavy atom. The van der Waals surface area contributed by atoms with E-state index >= 15 is 0 Å². The van der Waals surface area contributed by atoms with Crippen molar-refractivity contribution in [3.63, 3.8) is 0 Å². The Labute approximate surface area is 350 Å². The summed E-state index contributed by atoms with van der Waals surface area (Å²) in [5.74, 6) is 0. The van der Waals surface area contributed by atoms with Crippen molar-refractivity contribution >= 4 is 39.0 Å². The molecule has 12 rings (SSSR count). The second-order valence-electron chi connectivity index (χ2n) is 16.8. The first-order valence-corrected chi connectivity index (χ1v) is 20.9. The van der Waals surface area contributed by atoms with Crippen LogP contribution in [0.5, 0.6) is 0 Å². The molecule has 2 aliphatic carbocycles. The van der Waals surface area contributed by atoms with Gasteiger partial charge in [0.25, 0.3) is 0 Å². The maximum Gasteiger partial charge on any atom is 0.159 e. The van der Waals surface area contributed by atoms with Crippen LogP contribution in [-0.4, -0.2) is 0 Å². The van der Waals surface area contributed by atoms with Gasteiger partial charge in [0.1, 0.15) is 5.58 Å². The average Bonchev–Trinajstić information content (AvgIpc) is 3.92. The summed E-state index contributed by atoms with van der Waals surface area (Å²) in [6.45, 7) is 4.70. The molecule has 0 saturated heterocycles. The van der Waals surface area contributed by atoms with Crippen LogP contribution in [0.4, 0.5) is 17.1 Å². The number of nitrogens with zero attached hydrogens (tertiary/aromatic N) is 1. The van der Waals surface area contributed by atoms with Crippen molar-refractivity contribution < 1.29 is 4.42 Å². The van der Waals surface area contributed by atoms with Gasteiger partial charge in [-0.05, 0) is 91.5 Å². The largest absolute Gasteiger partial charge is 0.453 e. The van der Waals surface area contributed by atoms with Gasteiger partial charge in [-0.25, -0.2) is 0 Å². The number of hydrogen-bond donors (Lipinski definition) is 0. The van der Waals surface area contributed by atoms with Gasteiger partial charge in [0.15, 0.2) is 5.58 Å². The van der Waals surface area contributed by atoms with Crippen molar-refractivity contribution in [2.45, 2.75) is 24.7 Å². The molecule has 0 fully saturated rings. The monoisotopic (exact) mass is 767 g/mol. The van der Waals surface area contributed by atoms with E-state index in [1.54, 1.807) is 0 Å². The third-order valence-electron chi connectivity index (χ3n) is 13.3. The van der Waals surface area contributed by atoms with Crippen LogP contribution in [-0.2, 0) is 10.8 Å². The SMILES string of the molecule is CC1(C)c2ccccc2-c2ccc(N(c3cccc(-c4ccccc4)c3)c3cccc4c3oc3c(C5(c6ccccc6)c6ccccc6-c6ccccc65)cccc34)cc21. The smallest absolute Gasteiger partial charge is 0.159 e. The molecular formula is C58H41NO. The molecule has 0 N–H and O–H groups in total. The van der Waals surface area contributed by atoms with E-state index in [9.17, 15) is 0 Å². The average molecular weight is 768 g/mol. The van der Waals surface area contributed by atoms with E-state index < -0.39 is 5.41 Å². The lowest BCUT2D eigenvalue weighted by Crippen LogP contribution is -2.28. The van der Waals surface area contributed by atoms with Crippen LogP contribution >= 0.6 is 0 Å². The lowest BCUT2D eigenvalue weighted by Gasteiger charge is -2.33. The second-order valence-corrected chi connectivity index (χ2v) is 16.8. The standard InChI is InChI=1S/C58H41NO/c1-57(2)49-29-12-9-24-43(49)46-35-34-42(37-53(46)57)59(41-23-15-20-39(36-41)38-18-5-3-6-19-38)54-33-17-28-48-47-27-16-32-52(55(47)60-56(48)54)58(40-21-7-4-8-22-40)50-30-13-10-25-44(50)45-26-11-14-31-51(45)58/h3-37H,1-2H3. The van der Waals surface area contributed by atoms with Crippen LogP contribution in [0.2, 0.25) is 0 Å². The van der Waals surface area contributed by atoms with Gasteiger partial charge in [0, 0.05) is 33.1 Å². The van der Waals surface area contributed by atoms with Gasteiger partial charge in [0.2, 0.25) is 0 Å². The Bertz CT molecular complexity index is 3250. The quantitative estimate of drug-likeness (QED) is 0.168. The summed E-state index contributed by atoms with van der Waals surface area (Å²) in [5.41, 5.74) is 19.2. The lowest BCUT2D eigenvalue weighted by molar-refractivity contribution is 0.648. The number of benzene rings is 9. The van der Waals surface area contributed by atoms with Crippen LogP contribution in [0.25, 0.3) is 55.3 Å². The summed E-state index contributed by atoms with van der Waals surface area (Å²) in [6.07, 6.45) is 0. The van der Waals surface area contributed by atoms with Gasteiger partial charge in [-0.3, -0.25) is 0 Å². The molecule has 0 amide bonds. The number of rotatable bonds is 6. The predicted molar refractivity (Wildman–Crippen MR) is 249 cm³/mol. The first kappa shape index (κ1) is 34.6. The number of furan rings is 1. The van der Waals surface area contributed by atoms with Crippen LogP contribution < -0.4 is 4.90 Å². The molecule has 9 aromatic carbocycles. The highest BCUT2D eigenvalue weighted by molar-refractivity contribution is 6.12. The van der Waals surface area contributed by atoms with Crippen LogP contribution in [0, 0.1) is 0 Å². The highest BCUT2D eigenvalue weighted by Crippen LogP contribution is 2.58. The van der Waals surface area contributed by atoms with Gasteiger partial charge in [-0.15, -0.1) is 0 Å². The van der Waals surface area contributed by atoms with Crippen LogP contribution in [0.1, 0.15) is 47.2 Å². The summed E-state index contributed by atoms with van der Waals surface area (Å²) in [7, 11) is 0. The van der Waals surface area contributed by atoms with E-state index in [4.69, 9.17) is 4.42 Å². The van der Waals surface area contributed by atoms with E-state index in [1.165, 1.54) is 55.6 Å². The fourth-order valence-corrected chi connectivity index (χ4v) is 10.7. The minimum Gasteiger partial charge on any atom is -0.453 e. The van der Waals surface area contributed by atoms with E-state index in [0.717, 1.165) is 50.1 Å². The molecule has 0 radical (unpaired) electrons. The molecule has 1 heterocycles. The minimum absolute atomic E-state index is 0.153. The van der Waals surface area contributed by atoms with Crippen molar-refractivity contribution in [3.8, 4) is 33.4 Å². The van der Waals surface area contributed by atoms with Gasteiger partial charge in [-0.1, -0.05) is 196 Å². The molecular weight excluding hydrogens is 727 g/mol. The normalized spacial score (nSPS) is 14.1. The molecule has 0 atom stereocenters. The number of hydrogen-bond acceptors (Lipinski definition) is 2. The van der Waals surface area contributed by atoms with Crippen LogP contribution in [0.15, 0.2) is 217 Å². The van der Waals surface area contributed by atoms with Gasteiger partial charge in [-0.2, -0.15) is 0 Å². The Morgan fingerprint density at radius 2 is 0.883 bits per heavy atom. The summed E-state index contributed by atoms with van der Waals surface area (Å²) in [4.78, 5) is 2.41. The molecule has 0 unspecified atom stereocenters. The molecule has 1 aromatic heterocycles. The molecule has 284 valence electrons. The maximum absolute atomic E-state index is 7.49. The third kappa shape index (κ3) is 4.82. The van der Waals surface area contributed by atoms with Gasteiger partial charge < -0.3 is 9.32 Å². The van der Waals surface area contributed by atoms with Crippen molar-refractivity contribution in [2.24, 2.45) is 0 Å². The van der Waals surface area contributed by atoms with E-state index in [0.29, 0.717) is 0 Å². The third-order valence-corrected chi connectivity index (χ3v) is 13.3. The Hall–Kier alpha value is -7.42. The zero-order chi connectivity index (χ0) is 40.0. The van der Waals surface area contributed by atoms with Gasteiger partial charge in [0.05, 0.1) is 11.1 Å². The summed E-state index contributed by atoms with van der Waals surface area (Å²) < 4.78 is 7.49. The molecule has 2 heteroatoms. The molecule has 2 aliphatic rings. The van der Waals surface area contributed by atoms with E-state index in [-0.39, 0.29) is 5.41 Å². The second kappa shape index (κ2) is 13.0. The molecule has 2 nitrogen and oxygen atoms in total. The Morgan fingerprint density at radius 3 is 1.60 bits per heavy atom. The zero-order valence-corrected chi connectivity index (χ0v) is 33.6. The number of para-hydroxylation sites is 2. The topological polar surface area (TPSA) is 16.4 Å².